The summed E-state index contributed by atoms with van der Waals surface area (Å²) in [6.45, 7) is 10.7. The molecule has 2 aromatic carbocycles. The first-order chi connectivity index (χ1) is 13.4. The Morgan fingerprint density at radius 2 is 1.89 bits per heavy atom. The van der Waals surface area contributed by atoms with E-state index in [1.807, 2.05) is 63.2 Å². The largest absolute Gasteiger partial charge is 0.494 e. The van der Waals surface area contributed by atoms with Gasteiger partial charge >= 0.3 is 0 Å². The number of nitrogens with one attached hydrogen (secondary N) is 3. The number of aryl methyl sites for hydroxylation is 2. The Morgan fingerprint density at radius 3 is 2.54 bits per heavy atom. The minimum absolute atomic E-state index is 0.144. The zero-order valence-corrected chi connectivity index (χ0v) is 17.2. The first kappa shape index (κ1) is 19.9. The number of hydrogen-bond acceptors (Lipinski definition) is 3. The fraction of sp³-hybridized carbons (Fsp3) is 0.273. The minimum atomic E-state index is -0.522. The van der Waals surface area contributed by atoms with Gasteiger partial charge in [0, 0.05) is 11.4 Å². The summed E-state index contributed by atoms with van der Waals surface area (Å²) in [7, 11) is 0. The molecule has 2 atom stereocenters. The molecule has 1 fully saturated rings. The molecule has 1 saturated heterocycles. The van der Waals surface area contributed by atoms with E-state index in [-0.39, 0.29) is 11.9 Å². The lowest BCUT2D eigenvalue weighted by Crippen LogP contribution is -2.51. The molecule has 3 rings (SSSR count). The standard InChI is InChI=1S/C22H25N3O2S/c1-5-27-18-10-7-16(8-11-18)20-19(15(4)23-22(28)25-20)21(26)24-17-9-6-13(2)14(3)12-17/h6-12,19-20H,4-5H2,1-3H3,(H,24,26)(H2,23,25,28)/t19-,20+/m1/s1. The van der Waals surface area contributed by atoms with Gasteiger partial charge in [-0.15, -0.1) is 0 Å². The van der Waals surface area contributed by atoms with Gasteiger partial charge in [-0.25, -0.2) is 0 Å². The smallest absolute Gasteiger partial charge is 0.235 e. The van der Waals surface area contributed by atoms with Gasteiger partial charge in [0.15, 0.2) is 5.11 Å². The summed E-state index contributed by atoms with van der Waals surface area (Å²) >= 11 is 5.29. The summed E-state index contributed by atoms with van der Waals surface area (Å²) in [4.78, 5) is 13.1. The van der Waals surface area contributed by atoms with Crippen LogP contribution in [0.3, 0.4) is 0 Å². The van der Waals surface area contributed by atoms with E-state index >= 15 is 0 Å². The number of carbonyl (C=O) groups excluding carboxylic acids is 1. The van der Waals surface area contributed by atoms with Crippen molar-refractivity contribution in [2.24, 2.45) is 5.92 Å². The van der Waals surface area contributed by atoms with E-state index in [1.165, 1.54) is 5.56 Å². The van der Waals surface area contributed by atoms with Gasteiger partial charge in [-0.2, -0.15) is 0 Å². The lowest BCUT2D eigenvalue weighted by molar-refractivity contribution is -0.119. The van der Waals surface area contributed by atoms with Crippen molar-refractivity contribution in [2.45, 2.75) is 26.8 Å². The molecule has 0 aromatic heterocycles. The Labute approximate surface area is 171 Å². The molecule has 1 aliphatic heterocycles. The summed E-state index contributed by atoms with van der Waals surface area (Å²) in [6.07, 6.45) is 0. The maximum absolute atomic E-state index is 13.1. The molecule has 1 aliphatic rings. The number of amides is 1. The van der Waals surface area contributed by atoms with Crippen LogP contribution in [-0.4, -0.2) is 17.6 Å². The van der Waals surface area contributed by atoms with Crippen molar-refractivity contribution in [3.8, 4) is 5.75 Å². The van der Waals surface area contributed by atoms with Crippen LogP contribution in [0.2, 0.25) is 0 Å². The van der Waals surface area contributed by atoms with E-state index in [1.54, 1.807) is 0 Å². The molecule has 0 bridgehead atoms. The normalized spacial score (nSPS) is 18.8. The van der Waals surface area contributed by atoms with E-state index in [4.69, 9.17) is 17.0 Å². The topological polar surface area (TPSA) is 62.4 Å². The van der Waals surface area contributed by atoms with Gasteiger partial charge in [-0.3, -0.25) is 4.79 Å². The molecule has 3 N–H and O–H groups in total. The van der Waals surface area contributed by atoms with Crippen molar-refractivity contribution < 1.29 is 9.53 Å². The minimum Gasteiger partial charge on any atom is -0.494 e. The number of benzene rings is 2. The maximum Gasteiger partial charge on any atom is 0.235 e. The molecule has 0 aliphatic carbocycles. The van der Waals surface area contributed by atoms with Gasteiger partial charge in [0.1, 0.15) is 11.7 Å². The molecule has 0 spiro atoms. The third-order valence-corrected chi connectivity index (χ3v) is 5.10. The lowest BCUT2D eigenvalue weighted by Gasteiger charge is -2.35. The first-order valence-electron chi connectivity index (χ1n) is 9.26. The number of carbonyl (C=O) groups is 1. The Bertz CT molecular complexity index is 908. The molecule has 28 heavy (non-hydrogen) atoms. The van der Waals surface area contributed by atoms with Gasteiger partial charge in [0.25, 0.3) is 0 Å². The van der Waals surface area contributed by atoms with Crippen LogP contribution in [-0.2, 0) is 4.79 Å². The molecule has 0 saturated carbocycles. The van der Waals surface area contributed by atoms with Crippen molar-refractivity contribution in [3.05, 3.63) is 71.4 Å². The van der Waals surface area contributed by atoms with Crippen molar-refractivity contribution >= 4 is 28.9 Å². The van der Waals surface area contributed by atoms with E-state index in [9.17, 15) is 4.79 Å². The Morgan fingerprint density at radius 1 is 1.18 bits per heavy atom. The fourth-order valence-corrected chi connectivity index (χ4v) is 3.51. The van der Waals surface area contributed by atoms with Crippen molar-refractivity contribution in [2.75, 3.05) is 11.9 Å². The SMILES string of the molecule is C=C1NC(=S)N[C@@H](c2ccc(OCC)cc2)[C@@H]1C(=O)Nc1ccc(C)c(C)c1. The van der Waals surface area contributed by atoms with Gasteiger partial charge in [0.2, 0.25) is 5.91 Å². The van der Waals surface area contributed by atoms with Crippen LogP contribution in [0.25, 0.3) is 0 Å². The van der Waals surface area contributed by atoms with Gasteiger partial charge in [-0.1, -0.05) is 24.8 Å². The molecule has 0 unspecified atom stereocenters. The summed E-state index contributed by atoms with van der Waals surface area (Å²) < 4.78 is 5.51. The highest BCUT2D eigenvalue weighted by molar-refractivity contribution is 7.80. The van der Waals surface area contributed by atoms with E-state index in [2.05, 4.69) is 22.5 Å². The summed E-state index contributed by atoms with van der Waals surface area (Å²) in [5.41, 5.74) is 4.58. The van der Waals surface area contributed by atoms with Crippen LogP contribution in [0.1, 0.15) is 29.7 Å². The molecule has 1 heterocycles. The molecule has 6 heteroatoms. The molecule has 146 valence electrons. The summed E-state index contributed by atoms with van der Waals surface area (Å²) in [5.74, 6) is 0.124. The fourth-order valence-electron chi connectivity index (χ4n) is 3.25. The van der Waals surface area contributed by atoms with Gasteiger partial charge in [-0.05, 0) is 73.9 Å². The predicted molar refractivity (Wildman–Crippen MR) is 116 cm³/mol. The van der Waals surface area contributed by atoms with Crippen LogP contribution in [0.5, 0.6) is 5.75 Å². The van der Waals surface area contributed by atoms with Crippen molar-refractivity contribution in [1.82, 2.24) is 10.6 Å². The third kappa shape index (κ3) is 4.34. The second kappa shape index (κ2) is 8.44. The van der Waals surface area contributed by atoms with Crippen LogP contribution < -0.4 is 20.7 Å². The van der Waals surface area contributed by atoms with Crippen LogP contribution >= 0.6 is 12.2 Å². The molecular weight excluding hydrogens is 370 g/mol. The highest BCUT2D eigenvalue weighted by atomic mass is 32.1. The maximum atomic E-state index is 13.1. The third-order valence-electron chi connectivity index (χ3n) is 4.88. The van der Waals surface area contributed by atoms with Crippen LogP contribution in [0, 0.1) is 19.8 Å². The molecular formula is C22H25N3O2S. The average Bonchev–Trinajstić information content (AvgIpc) is 2.65. The van der Waals surface area contributed by atoms with E-state index in [0.29, 0.717) is 17.4 Å². The van der Waals surface area contributed by atoms with Crippen molar-refractivity contribution in [3.63, 3.8) is 0 Å². The summed E-state index contributed by atoms with van der Waals surface area (Å²) in [5, 5.41) is 9.66. The van der Waals surface area contributed by atoms with Crippen LogP contribution in [0.4, 0.5) is 5.69 Å². The molecule has 2 aromatic rings. The van der Waals surface area contributed by atoms with Crippen molar-refractivity contribution in [1.29, 1.82) is 0 Å². The zero-order chi connectivity index (χ0) is 20.3. The average molecular weight is 396 g/mol. The van der Waals surface area contributed by atoms with Crippen LogP contribution in [0.15, 0.2) is 54.7 Å². The highest BCUT2D eigenvalue weighted by Gasteiger charge is 2.36. The van der Waals surface area contributed by atoms with E-state index in [0.717, 1.165) is 22.6 Å². The number of anilines is 1. The molecule has 0 radical (unpaired) electrons. The lowest BCUT2D eigenvalue weighted by atomic mass is 9.88. The first-order valence-corrected chi connectivity index (χ1v) is 9.67. The number of rotatable bonds is 5. The highest BCUT2D eigenvalue weighted by Crippen LogP contribution is 2.31. The molecule has 1 amide bonds. The Kier molecular flexibility index (Phi) is 5.99. The molecule has 5 nitrogen and oxygen atoms in total. The van der Waals surface area contributed by atoms with Gasteiger partial charge in [0.05, 0.1) is 12.6 Å². The summed E-state index contributed by atoms with van der Waals surface area (Å²) in [6, 6.07) is 13.2. The number of ether oxygens (including phenoxy) is 1. The number of hydrogen-bond donors (Lipinski definition) is 3. The quantitative estimate of drug-likeness (QED) is 0.668. The van der Waals surface area contributed by atoms with E-state index < -0.39 is 5.92 Å². The Balaban J connectivity index is 1.86. The zero-order valence-electron chi connectivity index (χ0n) is 16.3. The second-order valence-electron chi connectivity index (χ2n) is 6.87. The Hall–Kier alpha value is -2.86. The van der Waals surface area contributed by atoms with Gasteiger partial charge < -0.3 is 20.7 Å². The number of thiocarbonyl (C=S) groups is 1. The second-order valence-corrected chi connectivity index (χ2v) is 7.28. The predicted octanol–water partition coefficient (Wildman–Crippen LogP) is 3.99. The monoisotopic (exact) mass is 395 g/mol.